The van der Waals surface area contributed by atoms with E-state index < -0.39 is 59.8 Å². The van der Waals surface area contributed by atoms with E-state index >= 15 is 0 Å². The van der Waals surface area contributed by atoms with E-state index in [9.17, 15) is 53.9 Å². The Morgan fingerprint density at radius 3 is 1.58 bits per heavy atom. The maximum Gasteiger partial charge on any atom is 0.490 e. The molecule has 0 saturated carbocycles. The van der Waals surface area contributed by atoms with E-state index in [1.807, 2.05) is 42.2 Å². The third-order valence-electron chi connectivity index (χ3n) is 7.98. The highest BCUT2D eigenvalue weighted by molar-refractivity contribution is 6.22. The lowest BCUT2D eigenvalue weighted by molar-refractivity contribution is -0.193. The van der Waals surface area contributed by atoms with Crippen molar-refractivity contribution in [1.82, 2.24) is 25.4 Å². The molecule has 0 unspecified atom stereocenters. The number of barbiturate groups is 1. The Balaban J connectivity index is 0.000000485. The second-order valence-corrected chi connectivity index (χ2v) is 13.9. The van der Waals surface area contributed by atoms with Crippen molar-refractivity contribution >= 4 is 46.7 Å². The number of alkyl halides is 9. The van der Waals surface area contributed by atoms with Gasteiger partial charge in [0.1, 0.15) is 12.4 Å². The first-order valence-corrected chi connectivity index (χ1v) is 17.0. The van der Waals surface area contributed by atoms with Crippen molar-refractivity contribution in [3.05, 3.63) is 71.4 Å². The molecule has 0 bridgehead atoms. The fraction of sp³-hybridized carbons (Fsp3) is 0.417. The maximum absolute atomic E-state index is 13.4. The molecule has 330 valence electrons. The van der Waals surface area contributed by atoms with Gasteiger partial charge in [0.15, 0.2) is 0 Å². The number of carbonyl (C=O) groups excluding carboxylic acids is 3. The molecule has 24 heteroatoms. The van der Waals surface area contributed by atoms with Crippen LogP contribution in [0.5, 0.6) is 5.75 Å². The van der Waals surface area contributed by atoms with Crippen LogP contribution in [0, 0.1) is 12.3 Å². The molecule has 0 radical (unpaired) electrons. The number of aliphatic carboxylic acids is 3. The topological polar surface area (TPSA) is 216 Å². The van der Waals surface area contributed by atoms with Crippen LogP contribution in [-0.2, 0) is 36.1 Å². The van der Waals surface area contributed by atoms with Crippen molar-refractivity contribution in [2.45, 2.75) is 58.4 Å². The molecule has 2 aliphatic rings. The van der Waals surface area contributed by atoms with Crippen molar-refractivity contribution in [2.75, 3.05) is 32.7 Å². The van der Waals surface area contributed by atoms with Crippen LogP contribution in [0.15, 0.2) is 54.6 Å². The maximum atomic E-state index is 13.4. The number of piperazine rings is 1. The number of nitrogens with one attached hydrogen (secondary N) is 2. The Kier molecular flexibility index (Phi) is 16.5. The van der Waals surface area contributed by atoms with Crippen LogP contribution in [0.4, 0.5) is 44.3 Å². The molecule has 5 rings (SSSR count). The number of hydrogen-bond acceptors (Lipinski definition) is 10. The fourth-order valence-electron chi connectivity index (χ4n) is 5.63. The Labute approximate surface area is 334 Å². The fourth-order valence-corrected chi connectivity index (χ4v) is 5.63. The zero-order valence-corrected chi connectivity index (χ0v) is 31.9. The number of pyridine rings is 1. The van der Waals surface area contributed by atoms with Gasteiger partial charge in [-0.1, -0.05) is 51.1 Å². The van der Waals surface area contributed by atoms with Gasteiger partial charge in [0, 0.05) is 49.4 Å². The van der Waals surface area contributed by atoms with Crippen molar-refractivity contribution < 1.29 is 88.3 Å². The number of aromatic nitrogens is 1. The molecule has 15 nitrogen and oxygen atoms in total. The van der Waals surface area contributed by atoms with E-state index in [-0.39, 0.29) is 5.41 Å². The standard InChI is InChI=1S/C30H35N5O4.3C2HF3O2/c1-20-17-21(24-7-5-6-8-25(24)31-20)18-39-23-11-9-22(10-12-23)30(26(36)32-28(38)33-27(30)37)35-15-13-34(14-16-35)19-29(2,3)4;3*3-2(4,5)1(6)7/h5-12,17H,13-16,18-19H2,1-4H3,(H2,32,33,36,37,38);3*(H,6,7). The van der Waals surface area contributed by atoms with E-state index in [0.29, 0.717) is 44.1 Å². The van der Waals surface area contributed by atoms with Crippen LogP contribution in [0.25, 0.3) is 10.9 Å². The minimum absolute atomic E-state index is 0.142. The summed E-state index contributed by atoms with van der Waals surface area (Å²) in [5, 5.41) is 27.1. The molecule has 0 aliphatic carbocycles. The summed E-state index contributed by atoms with van der Waals surface area (Å²) in [5.74, 6) is -8.93. The monoisotopic (exact) mass is 871 g/mol. The van der Waals surface area contributed by atoms with Crippen molar-refractivity contribution in [3.8, 4) is 5.75 Å². The summed E-state index contributed by atoms with van der Waals surface area (Å²) < 4.78 is 101. The predicted molar refractivity (Wildman–Crippen MR) is 189 cm³/mol. The number of hydrogen-bond donors (Lipinski definition) is 5. The molecular formula is C36H38F9N5O10. The highest BCUT2D eigenvalue weighted by atomic mass is 19.4. The van der Waals surface area contributed by atoms with Gasteiger partial charge in [0.2, 0.25) is 5.54 Å². The molecule has 2 saturated heterocycles. The van der Waals surface area contributed by atoms with Crippen LogP contribution in [0.3, 0.4) is 0 Å². The van der Waals surface area contributed by atoms with Crippen molar-refractivity contribution in [3.63, 3.8) is 0 Å². The number of aryl methyl sites for hydroxylation is 1. The lowest BCUT2D eigenvalue weighted by Gasteiger charge is -2.47. The lowest BCUT2D eigenvalue weighted by Crippen LogP contribution is -2.73. The first kappa shape index (κ1) is 50.1. The zero-order valence-electron chi connectivity index (χ0n) is 31.9. The number of carboxylic acid groups (broad SMARTS) is 3. The van der Waals surface area contributed by atoms with Gasteiger partial charge >= 0.3 is 42.5 Å². The van der Waals surface area contributed by atoms with Gasteiger partial charge in [-0.3, -0.25) is 30.1 Å². The third-order valence-corrected chi connectivity index (χ3v) is 7.98. The number of carbonyl (C=O) groups is 6. The van der Waals surface area contributed by atoms with Gasteiger partial charge < -0.3 is 25.0 Å². The highest BCUT2D eigenvalue weighted by Crippen LogP contribution is 2.34. The average molecular weight is 872 g/mol. The molecule has 2 fully saturated rings. The molecule has 3 aromatic rings. The van der Waals surface area contributed by atoms with E-state index in [0.717, 1.165) is 28.7 Å². The van der Waals surface area contributed by atoms with Crippen molar-refractivity contribution in [1.29, 1.82) is 0 Å². The molecule has 0 spiro atoms. The smallest absolute Gasteiger partial charge is 0.489 e. The minimum Gasteiger partial charge on any atom is -0.489 e. The van der Waals surface area contributed by atoms with Gasteiger partial charge in [0.05, 0.1) is 5.52 Å². The number of para-hydroxylation sites is 1. The zero-order chi connectivity index (χ0) is 46.0. The summed E-state index contributed by atoms with van der Waals surface area (Å²) >= 11 is 0. The number of imide groups is 2. The average Bonchev–Trinajstić information content (AvgIpc) is 3.10. The van der Waals surface area contributed by atoms with Crippen LogP contribution in [0.1, 0.15) is 37.6 Å². The van der Waals surface area contributed by atoms with Crippen LogP contribution in [-0.4, -0.2) is 117 Å². The summed E-state index contributed by atoms with van der Waals surface area (Å²) in [7, 11) is 0. The summed E-state index contributed by atoms with van der Waals surface area (Å²) in [6, 6.07) is 16.2. The van der Waals surface area contributed by atoms with Gasteiger partial charge in [-0.15, -0.1) is 0 Å². The number of amides is 4. The van der Waals surface area contributed by atoms with E-state index in [4.69, 9.17) is 34.4 Å². The molecule has 2 aromatic carbocycles. The Hall–Kier alpha value is -6.04. The lowest BCUT2D eigenvalue weighted by atomic mass is 9.83. The molecule has 2 aliphatic heterocycles. The molecule has 0 atom stereocenters. The third kappa shape index (κ3) is 14.4. The van der Waals surface area contributed by atoms with Crippen LogP contribution >= 0.6 is 0 Å². The van der Waals surface area contributed by atoms with Gasteiger partial charge in [-0.2, -0.15) is 39.5 Å². The van der Waals surface area contributed by atoms with Crippen LogP contribution < -0.4 is 15.4 Å². The number of rotatable bonds is 6. The number of benzene rings is 2. The molecular weight excluding hydrogens is 833 g/mol. The Morgan fingerprint density at radius 1 is 0.733 bits per heavy atom. The molecule has 3 heterocycles. The number of fused-ring (bicyclic) bond motifs is 1. The second-order valence-electron chi connectivity index (χ2n) is 13.9. The molecule has 1 aromatic heterocycles. The first-order chi connectivity index (χ1) is 27.4. The minimum atomic E-state index is -5.08. The first-order valence-electron chi connectivity index (χ1n) is 17.0. The highest BCUT2D eigenvalue weighted by Gasteiger charge is 2.56. The summed E-state index contributed by atoms with van der Waals surface area (Å²) in [6.45, 7) is 12.3. The molecule has 4 amide bonds. The predicted octanol–water partition coefficient (Wildman–Crippen LogP) is 5.25. The van der Waals surface area contributed by atoms with Crippen molar-refractivity contribution in [2.24, 2.45) is 5.41 Å². The SMILES string of the molecule is Cc1cc(COc2ccc(C3(N4CCN(CC(C)(C)C)CC4)C(=O)NC(=O)NC3=O)cc2)c2ccccc2n1.O=C(O)C(F)(F)F.O=C(O)C(F)(F)F.O=C(O)C(F)(F)F. The normalized spacial score (nSPS) is 16.1. The van der Waals surface area contributed by atoms with E-state index in [1.165, 1.54) is 0 Å². The van der Waals surface area contributed by atoms with Gasteiger partial charge in [-0.25, -0.2) is 19.2 Å². The number of urea groups is 1. The number of carboxylic acids is 3. The quantitative estimate of drug-likeness (QED) is 0.158. The van der Waals surface area contributed by atoms with E-state index in [1.54, 1.807) is 24.3 Å². The second kappa shape index (κ2) is 19.8. The number of nitrogens with zero attached hydrogens (tertiary/aromatic N) is 3. The number of halogens is 9. The Bertz CT molecular complexity index is 1950. The van der Waals surface area contributed by atoms with E-state index in [2.05, 4.69) is 41.3 Å². The molecule has 5 N–H and O–H groups in total. The Morgan fingerprint density at radius 2 is 1.17 bits per heavy atom. The number of ether oxygens (including phenoxy) is 1. The van der Waals surface area contributed by atoms with Crippen LogP contribution in [0.2, 0.25) is 0 Å². The summed E-state index contributed by atoms with van der Waals surface area (Å²) in [4.78, 5) is 74.3. The summed E-state index contributed by atoms with van der Waals surface area (Å²) in [5.41, 5.74) is 1.85. The largest absolute Gasteiger partial charge is 0.490 e. The molecule has 60 heavy (non-hydrogen) atoms. The summed E-state index contributed by atoms with van der Waals surface area (Å²) in [6.07, 6.45) is -15.3. The van der Waals surface area contributed by atoms with Gasteiger partial charge in [0.25, 0.3) is 11.8 Å². The van der Waals surface area contributed by atoms with Gasteiger partial charge in [-0.05, 0) is 42.2 Å².